The van der Waals surface area contributed by atoms with Crippen LogP contribution in [0.2, 0.25) is 0 Å². The molecule has 0 saturated heterocycles. The summed E-state index contributed by atoms with van der Waals surface area (Å²) in [5, 5.41) is 14.9. The van der Waals surface area contributed by atoms with Crippen LogP contribution in [0.25, 0.3) is 0 Å². The van der Waals surface area contributed by atoms with Crippen molar-refractivity contribution in [2.75, 3.05) is 14.2 Å². The van der Waals surface area contributed by atoms with Crippen LogP contribution < -0.4 is 10.3 Å². The number of nitrogens with one attached hydrogen (secondary N) is 2. The molecule has 3 rings (SSSR count). The highest BCUT2D eigenvalue weighted by molar-refractivity contribution is 5.71. The van der Waals surface area contributed by atoms with E-state index >= 15 is 0 Å². The summed E-state index contributed by atoms with van der Waals surface area (Å²) >= 11 is 0. The minimum absolute atomic E-state index is 0.0854. The lowest BCUT2D eigenvalue weighted by Crippen LogP contribution is -2.18. The van der Waals surface area contributed by atoms with Gasteiger partial charge in [0.1, 0.15) is 5.82 Å². The van der Waals surface area contributed by atoms with Gasteiger partial charge in [0.25, 0.3) is 5.56 Å². The molecule has 0 amide bonds. The molecule has 7 nitrogen and oxygen atoms in total. The fourth-order valence-corrected chi connectivity index (χ4v) is 3.35. The molecule has 10 heteroatoms. The lowest BCUT2D eigenvalue weighted by atomic mass is 9.87. The van der Waals surface area contributed by atoms with Crippen LogP contribution in [-0.2, 0) is 16.0 Å². The molecular formula is C21H19F3N2O5. The van der Waals surface area contributed by atoms with E-state index in [2.05, 4.69) is 10.2 Å². The number of halogens is 3. The quantitative estimate of drug-likeness (QED) is 0.390. The van der Waals surface area contributed by atoms with Gasteiger partial charge in [-0.15, -0.1) is 0 Å². The second kappa shape index (κ2) is 8.99. The van der Waals surface area contributed by atoms with Gasteiger partial charge in [0.05, 0.1) is 20.6 Å². The Morgan fingerprint density at radius 2 is 1.77 bits per heavy atom. The van der Waals surface area contributed by atoms with E-state index in [1.165, 1.54) is 32.4 Å². The fourth-order valence-electron chi connectivity index (χ4n) is 3.35. The van der Waals surface area contributed by atoms with Gasteiger partial charge >= 0.3 is 5.97 Å². The predicted molar refractivity (Wildman–Crippen MR) is 104 cm³/mol. The highest BCUT2D eigenvalue weighted by Crippen LogP contribution is 2.35. The van der Waals surface area contributed by atoms with Crippen molar-refractivity contribution in [2.45, 2.75) is 18.8 Å². The standard InChI is InChI=1S/C21H19F3N2O5/c1-30-18-7-10(3-4-17(18)27)12(8-19(28)31-2)20-16(25-26-21(20)29)6-11-5-14(23)15(24)9-13(11)22/h3-5,7,9,12,27H,6,8H2,1-2H3,(H2,25,26,29). The van der Waals surface area contributed by atoms with E-state index in [4.69, 9.17) is 9.47 Å². The molecule has 0 spiro atoms. The monoisotopic (exact) mass is 436 g/mol. The van der Waals surface area contributed by atoms with Crippen molar-refractivity contribution in [3.63, 3.8) is 0 Å². The number of ether oxygens (including phenoxy) is 2. The number of hydrogen-bond donors (Lipinski definition) is 3. The molecule has 0 aliphatic rings. The summed E-state index contributed by atoms with van der Waals surface area (Å²) in [7, 11) is 2.53. The highest BCUT2D eigenvalue weighted by Gasteiger charge is 2.27. The third-order valence-electron chi connectivity index (χ3n) is 4.91. The molecule has 1 atom stereocenters. The SMILES string of the molecule is COC(=O)CC(c1ccc(O)c(OC)c1)c1c(Cc2cc(F)c(F)cc2F)[nH][nH]c1=O. The summed E-state index contributed by atoms with van der Waals surface area (Å²) in [6, 6.07) is 5.43. The largest absolute Gasteiger partial charge is 0.504 e. The second-order valence-corrected chi connectivity index (χ2v) is 6.77. The molecule has 3 aromatic rings. The molecular weight excluding hydrogens is 417 g/mol. The maximum atomic E-state index is 14.2. The van der Waals surface area contributed by atoms with Crippen molar-refractivity contribution in [1.82, 2.24) is 10.2 Å². The number of methoxy groups -OCH3 is 2. The van der Waals surface area contributed by atoms with Gasteiger partial charge < -0.3 is 19.7 Å². The van der Waals surface area contributed by atoms with Crippen molar-refractivity contribution in [3.8, 4) is 11.5 Å². The number of hydrogen-bond acceptors (Lipinski definition) is 5. The van der Waals surface area contributed by atoms with Crippen LogP contribution in [0, 0.1) is 17.5 Å². The van der Waals surface area contributed by atoms with E-state index in [1.54, 1.807) is 0 Å². The van der Waals surface area contributed by atoms with Gasteiger partial charge in [-0.05, 0) is 29.3 Å². The number of H-pyrrole nitrogens is 2. The van der Waals surface area contributed by atoms with Crippen molar-refractivity contribution in [3.05, 3.63) is 80.5 Å². The Kier molecular flexibility index (Phi) is 6.38. The van der Waals surface area contributed by atoms with Gasteiger partial charge in [-0.25, -0.2) is 13.2 Å². The van der Waals surface area contributed by atoms with Crippen LogP contribution in [0.5, 0.6) is 11.5 Å². The molecule has 0 fully saturated rings. The van der Waals surface area contributed by atoms with Crippen LogP contribution in [0.3, 0.4) is 0 Å². The first-order valence-electron chi connectivity index (χ1n) is 9.11. The van der Waals surface area contributed by atoms with E-state index in [0.717, 1.165) is 0 Å². The minimum Gasteiger partial charge on any atom is -0.504 e. The van der Waals surface area contributed by atoms with Crippen molar-refractivity contribution < 1.29 is 32.5 Å². The highest BCUT2D eigenvalue weighted by atomic mass is 19.2. The summed E-state index contributed by atoms with van der Waals surface area (Å²) in [6.45, 7) is 0. The Morgan fingerprint density at radius 3 is 2.45 bits per heavy atom. The maximum absolute atomic E-state index is 14.2. The summed E-state index contributed by atoms with van der Waals surface area (Å²) in [4.78, 5) is 24.6. The van der Waals surface area contributed by atoms with Gasteiger partial charge in [-0.2, -0.15) is 0 Å². The van der Waals surface area contributed by atoms with E-state index in [1.807, 2.05) is 0 Å². The van der Waals surface area contributed by atoms with Gasteiger partial charge in [-0.1, -0.05) is 6.07 Å². The first-order valence-corrected chi connectivity index (χ1v) is 9.11. The number of phenols is 1. The topological polar surface area (TPSA) is 104 Å². The Hall–Kier alpha value is -3.69. The number of esters is 1. The van der Waals surface area contributed by atoms with Crippen LogP contribution in [0.4, 0.5) is 13.2 Å². The summed E-state index contributed by atoms with van der Waals surface area (Å²) in [5.41, 5.74) is -0.0651. The molecule has 1 unspecified atom stereocenters. The summed E-state index contributed by atoms with van der Waals surface area (Å²) in [5.74, 6) is -5.05. The Balaban J connectivity index is 2.10. The number of rotatable bonds is 7. The van der Waals surface area contributed by atoms with Crippen LogP contribution >= 0.6 is 0 Å². The molecule has 0 saturated carbocycles. The van der Waals surface area contributed by atoms with Gasteiger partial charge in [-0.3, -0.25) is 14.7 Å². The Bertz CT molecular complexity index is 1170. The predicted octanol–water partition coefficient (Wildman–Crippen LogP) is 3.12. The number of phenolic OH excluding ortho intramolecular Hbond substituents is 1. The van der Waals surface area contributed by atoms with Crippen LogP contribution in [-0.4, -0.2) is 35.5 Å². The molecule has 1 heterocycles. The van der Waals surface area contributed by atoms with E-state index in [-0.39, 0.29) is 41.2 Å². The zero-order valence-corrected chi connectivity index (χ0v) is 16.6. The number of aromatic hydroxyl groups is 1. The Morgan fingerprint density at radius 1 is 1.06 bits per heavy atom. The summed E-state index contributed by atoms with van der Waals surface area (Å²) < 4.78 is 50.9. The van der Waals surface area contributed by atoms with Gasteiger partial charge in [0, 0.05) is 29.7 Å². The van der Waals surface area contributed by atoms with Crippen molar-refractivity contribution in [1.29, 1.82) is 0 Å². The molecule has 0 radical (unpaired) electrons. The average Bonchev–Trinajstić information content (AvgIpc) is 3.10. The van der Waals surface area contributed by atoms with Crippen molar-refractivity contribution >= 4 is 5.97 Å². The number of carbonyl (C=O) groups is 1. The molecule has 0 aliphatic carbocycles. The zero-order valence-electron chi connectivity index (χ0n) is 16.6. The zero-order chi connectivity index (χ0) is 22.7. The second-order valence-electron chi connectivity index (χ2n) is 6.77. The van der Waals surface area contributed by atoms with Crippen LogP contribution in [0.15, 0.2) is 35.1 Å². The lowest BCUT2D eigenvalue weighted by Gasteiger charge is -2.18. The maximum Gasteiger partial charge on any atom is 0.306 e. The number of aromatic amines is 2. The molecule has 2 aromatic carbocycles. The molecule has 1 aromatic heterocycles. The minimum atomic E-state index is -1.33. The first kappa shape index (κ1) is 22.0. The Labute approximate surface area is 174 Å². The fraction of sp³-hybridized carbons (Fsp3) is 0.238. The average molecular weight is 436 g/mol. The molecule has 164 valence electrons. The number of carbonyl (C=O) groups excluding carboxylic acids is 1. The van der Waals surface area contributed by atoms with Crippen LogP contribution in [0.1, 0.15) is 34.7 Å². The number of benzene rings is 2. The molecule has 3 N–H and O–H groups in total. The summed E-state index contributed by atoms with van der Waals surface area (Å²) in [6.07, 6.45) is -0.525. The van der Waals surface area contributed by atoms with Crippen molar-refractivity contribution in [2.24, 2.45) is 0 Å². The van der Waals surface area contributed by atoms with E-state index in [0.29, 0.717) is 17.7 Å². The van der Waals surface area contributed by atoms with Gasteiger partial charge in [0.2, 0.25) is 0 Å². The van der Waals surface area contributed by atoms with E-state index in [9.17, 15) is 27.9 Å². The van der Waals surface area contributed by atoms with E-state index < -0.39 is 34.9 Å². The lowest BCUT2D eigenvalue weighted by molar-refractivity contribution is -0.140. The molecule has 31 heavy (non-hydrogen) atoms. The third kappa shape index (κ3) is 4.57. The first-order chi connectivity index (χ1) is 14.7. The number of aromatic nitrogens is 2. The molecule has 0 aliphatic heterocycles. The molecule has 0 bridgehead atoms. The van der Waals surface area contributed by atoms with Gasteiger partial charge in [0.15, 0.2) is 23.1 Å². The smallest absolute Gasteiger partial charge is 0.306 e. The third-order valence-corrected chi connectivity index (χ3v) is 4.91. The normalized spacial score (nSPS) is 11.9.